The molecule has 2 rings (SSSR count). The molecule has 2 nitrogen and oxygen atoms in total. The molecule has 0 aromatic heterocycles. The molecular weight excluding hydrogens is 256 g/mol. The Balaban J connectivity index is 1.91. The normalized spacial score (nSPS) is 17.7. The number of rotatable bonds is 3. The predicted octanol–water partition coefficient (Wildman–Crippen LogP) is 3.14. The van der Waals surface area contributed by atoms with Crippen molar-refractivity contribution in [3.05, 3.63) is 29.8 Å². The minimum atomic E-state index is 0.327. The molecule has 1 fully saturated rings. The average Bonchev–Trinajstić information content (AvgIpc) is 2.31. The summed E-state index contributed by atoms with van der Waals surface area (Å²) in [6.45, 7) is 1.65. The van der Waals surface area contributed by atoms with Gasteiger partial charge in [-0.25, -0.2) is 0 Å². The van der Waals surface area contributed by atoms with Crippen LogP contribution in [0.5, 0.6) is 5.75 Å². The zero-order valence-electron chi connectivity index (χ0n) is 8.62. The van der Waals surface area contributed by atoms with Gasteiger partial charge in [0, 0.05) is 18.2 Å². The first-order chi connectivity index (χ1) is 7.38. The van der Waals surface area contributed by atoms with Crippen LogP contribution in [-0.2, 0) is 10.1 Å². The highest BCUT2D eigenvalue weighted by atomic mass is 79.9. The highest BCUT2D eigenvalue weighted by Crippen LogP contribution is 2.19. The summed E-state index contributed by atoms with van der Waals surface area (Å²) < 4.78 is 11.1. The molecule has 0 unspecified atom stereocenters. The molecule has 1 aliphatic heterocycles. The van der Waals surface area contributed by atoms with Crippen molar-refractivity contribution in [2.75, 3.05) is 13.2 Å². The Hall–Kier alpha value is -0.540. The Labute approximate surface area is 98.7 Å². The van der Waals surface area contributed by atoms with Crippen molar-refractivity contribution < 1.29 is 9.47 Å². The first-order valence-electron chi connectivity index (χ1n) is 5.28. The lowest BCUT2D eigenvalue weighted by Crippen LogP contribution is -2.25. The van der Waals surface area contributed by atoms with Crippen LogP contribution < -0.4 is 4.74 Å². The van der Waals surface area contributed by atoms with Gasteiger partial charge >= 0.3 is 0 Å². The summed E-state index contributed by atoms with van der Waals surface area (Å²) in [7, 11) is 0. The lowest BCUT2D eigenvalue weighted by Gasteiger charge is -2.23. The van der Waals surface area contributed by atoms with E-state index in [0.717, 1.165) is 37.1 Å². The summed E-state index contributed by atoms with van der Waals surface area (Å²) in [5.41, 5.74) is 1.27. The van der Waals surface area contributed by atoms with Crippen LogP contribution in [0, 0.1) is 0 Å². The van der Waals surface area contributed by atoms with Gasteiger partial charge in [-0.1, -0.05) is 28.1 Å². The third-order valence-electron chi connectivity index (χ3n) is 2.55. The summed E-state index contributed by atoms with van der Waals surface area (Å²) in [4.78, 5) is 0. The highest BCUT2D eigenvalue weighted by molar-refractivity contribution is 9.08. The predicted molar refractivity (Wildman–Crippen MR) is 63.5 cm³/mol. The molecule has 0 N–H and O–H groups in total. The fourth-order valence-corrected chi connectivity index (χ4v) is 2.02. The van der Waals surface area contributed by atoms with E-state index in [-0.39, 0.29) is 0 Å². The second kappa shape index (κ2) is 5.52. The number of hydrogen-bond donors (Lipinski definition) is 0. The average molecular weight is 271 g/mol. The Morgan fingerprint density at radius 3 is 2.47 bits per heavy atom. The summed E-state index contributed by atoms with van der Waals surface area (Å²) in [6.07, 6.45) is 2.33. The first kappa shape index (κ1) is 11.0. The van der Waals surface area contributed by atoms with Gasteiger partial charge in [-0.3, -0.25) is 0 Å². The summed E-state index contributed by atoms with van der Waals surface area (Å²) in [6, 6.07) is 8.24. The van der Waals surface area contributed by atoms with E-state index in [1.807, 2.05) is 12.1 Å². The number of hydrogen-bond acceptors (Lipinski definition) is 2. The molecular formula is C12H15BrO2. The molecule has 1 aliphatic rings. The molecule has 1 aromatic rings. The molecule has 0 spiro atoms. The van der Waals surface area contributed by atoms with Gasteiger partial charge in [-0.15, -0.1) is 0 Å². The number of benzene rings is 1. The van der Waals surface area contributed by atoms with Gasteiger partial charge in [0.05, 0.1) is 13.2 Å². The number of ether oxygens (including phenoxy) is 2. The first-order valence-corrected chi connectivity index (χ1v) is 6.40. The highest BCUT2D eigenvalue weighted by Gasteiger charge is 2.14. The molecule has 0 atom stereocenters. The summed E-state index contributed by atoms with van der Waals surface area (Å²) in [5.74, 6) is 0.964. The molecule has 15 heavy (non-hydrogen) atoms. The van der Waals surface area contributed by atoms with Gasteiger partial charge in [-0.2, -0.15) is 0 Å². The number of halogens is 1. The maximum atomic E-state index is 5.86. The molecule has 0 saturated carbocycles. The fourth-order valence-electron chi connectivity index (χ4n) is 1.64. The van der Waals surface area contributed by atoms with E-state index in [4.69, 9.17) is 9.47 Å². The zero-order valence-corrected chi connectivity index (χ0v) is 10.2. The Bertz CT molecular complexity index is 291. The van der Waals surface area contributed by atoms with Gasteiger partial charge in [0.1, 0.15) is 11.9 Å². The standard InChI is InChI=1S/C12H15BrO2/c13-9-10-1-3-11(4-2-10)15-12-5-7-14-8-6-12/h1-4,12H,5-9H2. The van der Waals surface area contributed by atoms with Gasteiger partial charge in [-0.05, 0) is 17.7 Å². The molecule has 82 valence electrons. The Morgan fingerprint density at radius 1 is 1.20 bits per heavy atom. The Kier molecular flexibility index (Phi) is 4.03. The maximum absolute atomic E-state index is 5.86. The second-order valence-corrected chi connectivity index (χ2v) is 4.27. The van der Waals surface area contributed by atoms with Crippen LogP contribution in [0.25, 0.3) is 0 Å². The van der Waals surface area contributed by atoms with Gasteiger partial charge in [0.25, 0.3) is 0 Å². The topological polar surface area (TPSA) is 18.5 Å². The van der Waals surface area contributed by atoms with Crippen LogP contribution in [0.3, 0.4) is 0 Å². The minimum absolute atomic E-state index is 0.327. The molecule has 1 aromatic carbocycles. The Morgan fingerprint density at radius 2 is 1.87 bits per heavy atom. The summed E-state index contributed by atoms with van der Waals surface area (Å²) >= 11 is 3.42. The number of alkyl halides is 1. The molecule has 0 aliphatic carbocycles. The summed E-state index contributed by atoms with van der Waals surface area (Å²) in [5, 5.41) is 0.893. The van der Waals surface area contributed by atoms with Crippen LogP contribution in [0.4, 0.5) is 0 Å². The molecule has 3 heteroatoms. The van der Waals surface area contributed by atoms with E-state index in [1.54, 1.807) is 0 Å². The van der Waals surface area contributed by atoms with E-state index in [2.05, 4.69) is 28.1 Å². The third kappa shape index (κ3) is 3.21. The van der Waals surface area contributed by atoms with Crippen molar-refractivity contribution in [2.45, 2.75) is 24.3 Å². The SMILES string of the molecule is BrCc1ccc(OC2CCOCC2)cc1. The van der Waals surface area contributed by atoms with Crippen LogP contribution in [0.2, 0.25) is 0 Å². The van der Waals surface area contributed by atoms with E-state index in [1.165, 1.54) is 5.56 Å². The van der Waals surface area contributed by atoms with Gasteiger partial charge in [0.15, 0.2) is 0 Å². The van der Waals surface area contributed by atoms with E-state index in [0.29, 0.717) is 6.10 Å². The minimum Gasteiger partial charge on any atom is -0.490 e. The van der Waals surface area contributed by atoms with E-state index >= 15 is 0 Å². The molecule has 0 radical (unpaired) electrons. The largest absolute Gasteiger partial charge is 0.490 e. The maximum Gasteiger partial charge on any atom is 0.119 e. The van der Waals surface area contributed by atoms with Crippen LogP contribution in [-0.4, -0.2) is 19.3 Å². The van der Waals surface area contributed by atoms with E-state index < -0.39 is 0 Å². The zero-order chi connectivity index (χ0) is 10.5. The van der Waals surface area contributed by atoms with Crippen molar-refractivity contribution in [1.29, 1.82) is 0 Å². The van der Waals surface area contributed by atoms with Crippen LogP contribution in [0.1, 0.15) is 18.4 Å². The fraction of sp³-hybridized carbons (Fsp3) is 0.500. The van der Waals surface area contributed by atoms with Crippen molar-refractivity contribution in [3.63, 3.8) is 0 Å². The molecule has 1 heterocycles. The quantitative estimate of drug-likeness (QED) is 0.786. The lowest BCUT2D eigenvalue weighted by molar-refractivity contribution is 0.0255. The monoisotopic (exact) mass is 270 g/mol. The third-order valence-corrected chi connectivity index (χ3v) is 3.20. The van der Waals surface area contributed by atoms with E-state index in [9.17, 15) is 0 Å². The molecule has 0 bridgehead atoms. The lowest BCUT2D eigenvalue weighted by atomic mass is 10.1. The smallest absolute Gasteiger partial charge is 0.119 e. The van der Waals surface area contributed by atoms with Crippen molar-refractivity contribution in [2.24, 2.45) is 0 Å². The van der Waals surface area contributed by atoms with Gasteiger partial charge < -0.3 is 9.47 Å². The van der Waals surface area contributed by atoms with Gasteiger partial charge in [0.2, 0.25) is 0 Å². The van der Waals surface area contributed by atoms with Crippen molar-refractivity contribution in [3.8, 4) is 5.75 Å². The second-order valence-electron chi connectivity index (χ2n) is 3.71. The molecule has 0 amide bonds. The van der Waals surface area contributed by atoms with Crippen LogP contribution >= 0.6 is 15.9 Å². The van der Waals surface area contributed by atoms with Crippen molar-refractivity contribution >= 4 is 15.9 Å². The van der Waals surface area contributed by atoms with Crippen LogP contribution in [0.15, 0.2) is 24.3 Å². The molecule has 1 saturated heterocycles. The van der Waals surface area contributed by atoms with Crippen molar-refractivity contribution in [1.82, 2.24) is 0 Å².